The monoisotopic (exact) mass is 245 g/mol. The number of hydrogen-bond acceptors (Lipinski definition) is 4. The van der Waals surface area contributed by atoms with Gasteiger partial charge < -0.3 is 14.8 Å². The molecule has 0 bridgehead atoms. The van der Waals surface area contributed by atoms with Gasteiger partial charge in [-0.3, -0.25) is 0 Å². The van der Waals surface area contributed by atoms with E-state index in [9.17, 15) is 0 Å². The highest BCUT2D eigenvalue weighted by Crippen LogP contribution is 2.38. The molecule has 2 aliphatic heterocycles. The number of methoxy groups -OCH3 is 1. The predicted octanol–water partition coefficient (Wildman–Crippen LogP) is 1.67. The molecule has 3 nitrogen and oxygen atoms in total. The fourth-order valence-electron chi connectivity index (χ4n) is 2.73. The SMILES string of the molecule is COCC(C)NC1CCOC2(CCSC2)C1. The lowest BCUT2D eigenvalue weighted by Gasteiger charge is -2.39. The van der Waals surface area contributed by atoms with E-state index in [0.717, 1.165) is 19.6 Å². The largest absolute Gasteiger partial charge is 0.383 e. The first-order chi connectivity index (χ1) is 7.74. The second-order valence-corrected chi connectivity index (χ2v) is 6.15. The van der Waals surface area contributed by atoms with Gasteiger partial charge in [-0.15, -0.1) is 0 Å². The molecular formula is C12H23NO2S. The van der Waals surface area contributed by atoms with Crippen molar-refractivity contribution in [1.82, 2.24) is 5.32 Å². The molecule has 2 rings (SSSR count). The van der Waals surface area contributed by atoms with E-state index in [2.05, 4.69) is 12.2 Å². The van der Waals surface area contributed by atoms with Crippen LogP contribution in [0, 0.1) is 0 Å². The van der Waals surface area contributed by atoms with Crippen molar-refractivity contribution in [3.63, 3.8) is 0 Å². The minimum atomic E-state index is 0.188. The molecule has 2 fully saturated rings. The topological polar surface area (TPSA) is 30.5 Å². The summed E-state index contributed by atoms with van der Waals surface area (Å²) < 4.78 is 11.2. The molecule has 0 aromatic heterocycles. The molecule has 16 heavy (non-hydrogen) atoms. The average molecular weight is 245 g/mol. The summed E-state index contributed by atoms with van der Waals surface area (Å²) in [7, 11) is 1.76. The van der Waals surface area contributed by atoms with E-state index in [4.69, 9.17) is 9.47 Å². The smallest absolute Gasteiger partial charge is 0.0795 e. The van der Waals surface area contributed by atoms with E-state index in [0.29, 0.717) is 12.1 Å². The Kier molecular flexibility index (Phi) is 4.53. The normalized spacial score (nSPS) is 36.8. The molecule has 0 aliphatic carbocycles. The van der Waals surface area contributed by atoms with Crippen molar-refractivity contribution in [2.45, 2.75) is 43.9 Å². The highest BCUT2D eigenvalue weighted by Gasteiger charge is 2.40. The Bertz CT molecular complexity index is 219. The Morgan fingerprint density at radius 2 is 2.50 bits per heavy atom. The van der Waals surface area contributed by atoms with E-state index in [-0.39, 0.29) is 5.60 Å². The van der Waals surface area contributed by atoms with Gasteiger partial charge in [0, 0.05) is 31.6 Å². The van der Waals surface area contributed by atoms with Crippen LogP contribution in [0.3, 0.4) is 0 Å². The summed E-state index contributed by atoms with van der Waals surface area (Å²) in [4.78, 5) is 0. The van der Waals surface area contributed by atoms with Crippen molar-refractivity contribution in [2.24, 2.45) is 0 Å². The number of nitrogens with one attached hydrogen (secondary N) is 1. The summed E-state index contributed by atoms with van der Waals surface area (Å²) in [5.41, 5.74) is 0.188. The summed E-state index contributed by atoms with van der Waals surface area (Å²) in [5, 5.41) is 3.66. The van der Waals surface area contributed by atoms with Crippen LogP contribution < -0.4 is 5.32 Å². The third-order valence-corrected chi connectivity index (χ3v) is 4.72. The van der Waals surface area contributed by atoms with Gasteiger partial charge in [-0.25, -0.2) is 0 Å². The van der Waals surface area contributed by atoms with Gasteiger partial charge in [0.1, 0.15) is 0 Å². The van der Waals surface area contributed by atoms with E-state index < -0.39 is 0 Å². The fraction of sp³-hybridized carbons (Fsp3) is 1.00. The molecule has 4 heteroatoms. The summed E-state index contributed by atoms with van der Waals surface area (Å²) in [6, 6.07) is 1.05. The lowest BCUT2D eigenvalue weighted by molar-refractivity contribution is -0.0719. The molecule has 0 saturated carbocycles. The van der Waals surface area contributed by atoms with Gasteiger partial charge in [0.2, 0.25) is 0 Å². The summed E-state index contributed by atoms with van der Waals surface area (Å²) >= 11 is 2.03. The molecule has 0 aromatic carbocycles. The summed E-state index contributed by atoms with van der Waals surface area (Å²) in [6.45, 7) is 3.89. The molecule has 2 aliphatic rings. The van der Waals surface area contributed by atoms with Crippen LogP contribution in [-0.4, -0.2) is 49.5 Å². The van der Waals surface area contributed by atoms with Crippen LogP contribution in [0.15, 0.2) is 0 Å². The Hall–Kier alpha value is 0.230. The van der Waals surface area contributed by atoms with Gasteiger partial charge in [-0.1, -0.05) is 0 Å². The highest BCUT2D eigenvalue weighted by atomic mass is 32.2. The second kappa shape index (κ2) is 5.71. The van der Waals surface area contributed by atoms with Crippen molar-refractivity contribution >= 4 is 11.8 Å². The molecule has 1 spiro atoms. The second-order valence-electron chi connectivity index (χ2n) is 5.05. The number of ether oxygens (including phenoxy) is 2. The third kappa shape index (κ3) is 3.13. The van der Waals surface area contributed by atoms with Gasteiger partial charge in [-0.2, -0.15) is 11.8 Å². The average Bonchev–Trinajstić information content (AvgIpc) is 2.66. The molecule has 1 N–H and O–H groups in total. The van der Waals surface area contributed by atoms with Crippen LogP contribution in [0.2, 0.25) is 0 Å². The Morgan fingerprint density at radius 3 is 3.19 bits per heavy atom. The quantitative estimate of drug-likeness (QED) is 0.816. The molecule has 94 valence electrons. The predicted molar refractivity (Wildman–Crippen MR) is 68.1 cm³/mol. The van der Waals surface area contributed by atoms with Crippen molar-refractivity contribution in [3.05, 3.63) is 0 Å². The van der Waals surface area contributed by atoms with Gasteiger partial charge in [0.15, 0.2) is 0 Å². The third-order valence-electron chi connectivity index (χ3n) is 3.50. The van der Waals surface area contributed by atoms with Crippen molar-refractivity contribution < 1.29 is 9.47 Å². The highest BCUT2D eigenvalue weighted by molar-refractivity contribution is 7.99. The first-order valence-electron chi connectivity index (χ1n) is 6.21. The van der Waals surface area contributed by atoms with Crippen LogP contribution in [0.4, 0.5) is 0 Å². The molecule has 3 atom stereocenters. The van der Waals surface area contributed by atoms with Gasteiger partial charge in [0.25, 0.3) is 0 Å². The van der Waals surface area contributed by atoms with Crippen LogP contribution >= 0.6 is 11.8 Å². The van der Waals surface area contributed by atoms with E-state index in [1.807, 2.05) is 11.8 Å². The van der Waals surface area contributed by atoms with Gasteiger partial charge in [-0.05, 0) is 31.9 Å². The first-order valence-corrected chi connectivity index (χ1v) is 7.36. The maximum absolute atomic E-state index is 6.01. The fourth-order valence-corrected chi connectivity index (χ4v) is 4.11. The van der Waals surface area contributed by atoms with Crippen molar-refractivity contribution in [1.29, 1.82) is 0 Å². The Balaban J connectivity index is 1.82. The van der Waals surface area contributed by atoms with Crippen molar-refractivity contribution in [3.8, 4) is 0 Å². The molecule has 0 aromatic rings. The molecular weight excluding hydrogens is 222 g/mol. The molecule has 0 radical (unpaired) electrons. The molecule has 3 unspecified atom stereocenters. The van der Waals surface area contributed by atoms with Crippen molar-refractivity contribution in [2.75, 3.05) is 31.8 Å². The minimum absolute atomic E-state index is 0.188. The molecule has 0 amide bonds. The number of hydrogen-bond donors (Lipinski definition) is 1. The number of rotatable bonds is 4. The minimum Gasteiger partial charge on any atom is -0.383 e. The first kappa shape index (κ1) is 12.7. The van der Waals surface area contributed by atoms with Crippen LogP contribution in [-0.2, 0) is 9.47 Å². The van der Waals surface area contributed by atoms with E-state index in [1.54, 1.807) is 7.11 Å². The summed E-state index contributed by atoms with van der Waals surface area (Å²) in [5.74, 6) is 2.45. The summed E-state index contributed by atoms with van der Waals surface area (Å²) in [6.07, 6.45) is 3.54. The lowest BCUT2D eigenvalue weighted by atomic mass is 9.89. The molecule has 2 saturated heterocycles. The zero-order valence-corrected chi connectivity index (χ0v) is 11.1. The zero-order chi connectivity index (χ0) is 11.4. The van der Waals surface area contributed by atoms with Crippen LogP contribution in [0.5, 0.6) is 0 Å². The maximum atomic E-state index is 6.01. The Morgan fingerprint density at radius 1 is 1.62 bits per heavy atom. The molecule has 2 heterocycles. The van der Waals surface area contributed by atoms with Crippen LogP contribution in [0.1, 0.15) is 26.2 Å². The van der Waals surface area contributed by atoms with Gasteiger partial charge in [0.05, 0.1) is 12.2 Å². The number of thioether (sulfide) groups is 1. The van der Waals surface area contributed by atoms with Crippen LogP contribution in [0.25, 0.3) is 0 Å². The van der Waals surface area contributed by atoms with Gasteiger partial charge >= 0.3 is 0 Å². The van der Waals surface area contributed by atoms with E-state index in [1.165, 1.54) is 24.3 Å². The standard InChI is InChI=1S/C12H23NO2S/c1-10(8-14-2)13-11-3-5-15-12(7-11)4-6-16-9-12/h10-11,13H,3-9H2,1-2H3. The zero-order valence-electron chi connectivity index (χ0n) is 10.3. The maximum Gasteiger partial charge on any atom is 0.0795 e. The Labute approximate surface area is 103 Å². The van der Waals surface area contributed by atoms with E-state index >= 15 is 0 Å². The lowest BCUT2D eigenvalue weighted by Crippen LogP contribution is -2.50.